The average molecular weight is 296 g/mol. The molecule has 20 heavy (non-hydrogen) atoms. The first-order chi connectivity index (χ1) is 9.49. The van der Waals surface area contributed by atoms with Crippen molar-refractivity contribution in [2.45, 2.75) is 0 Å². The molecule has 2 aromatic rings. The SMILES string of the molecule is O=C(O)c1c(Oc2cncc(Cl)n2)cccc1[N+](=O)[O-]. The van der Waals surface area contributed by atoms with E-state index in [1.165, 1.54) is 24.5 Å². The third kappa shape index (κ3) is 2.81. The first-order valence-corrected chi connectivity index (χ1v) is 5.53. The molecule has 0 fully saturated rings. The van der Waals surface area contributed by atoms with Crippen molar-refractivity contribution in [3.63, 3.8) is 0 Å². The number of halogens is 1. The highest BCUT2D eigenvalue weighted by molar-refractivity contribution is 6.29. The van der Waals surface area contributed by atoms with E-state index in [9.17, 15) is 14.9 Å². The van der Waals surface area contributed by atoms with Gasteiger partial charge in [0.15, 0.2) is 16.5 Å². The van der Waals surface area contributed by atoms with Crippen molar-refractivity contribution in [3.05, 3.63) is 51.4 Å². The molecular weight excluding hydrogens is 290 g/mol. The second-order valence-electron chi connectivity index (χ2n) is 3.49. The normalized spacial score (nSPS) is 10.1. The van der Waals surface area contributed by atoms with Crippen molar-refractivity contribution >= 4 is 23.3 Å². The Morgan fingerprint density at radius 1 is 1.40 bits per heavy atom. The van der Waals surface area contributed by atoms with Gasteiger partial charge in [0, 0.05) is 6.07 Å². The van der Waals surface area contributed by atoms with Crippen LogP contribution in [-0.4, -0.2) is 26.0 Å². The number of carbonyl (C=O) groups is 1. The van der Waals surface area contributed by atoms with Gasteiger partial charge in [0.1, 0.15) is 0 Å². The fraction of sp³-hybridized carbons (Fsp3) is 0. The molecule has 0 amide bonds. The predicted molar refractivity (Wildman–Crippen MR) is 67.2 cm³/mol. The molecule has 102 valence electrons. The first-order valence-electron chi connectivity index (χ1n) is 5.15. The third-order valence-electron chi connectivity index (χ3n) is 2.21. The average Bonchev–Trinajstić information content (AvgIpc) is 2.38. The van der Waals surface area contributed by atoms with Gasteiger partial charge in [0.2, 0.25) is 5.88 Å². The second-order valence-corrected chi connectivity index (χ2v) is 3.88. The van der Waals surface area contributed by atoms with Gasteiger partial charge in [-0.2, -0.15) is 4.98 Å². The molecule has 0 aliphatic rings. The molecule has 0 atom stereocenters. The Bertz CT molecular complexity index is 692. The van der Waals surface area contributed by atoms with Crippen LogP contribution >= 0.6 is 11.6 Å². The zero-order valence-electron chi connectivity index (χ0n) is 9.69. The van der Waals surface area contributed by atoms with Crippen molar-refractivity contribution in [1.29, 1.82) is 0 Å². The van der Waals surface area contributed by atoms with E-state index in [2.05, 4.69) is 9.97 Å². The summed E-state index contributed by atoms with van der Waals surface area (Å²) in [6.07, 6.45) is 2.47. The minimum absolute atomic E-state index is 0.0461. The lowest BCUT2D eigenvalue weighted by Gasteiger charge is -2.07. The number of carboxylic acids is 1. The quantitative estimate of drug-likeness (QED) is 0.680. The minimum Gasteiger partial charge on any atom is -0.477 e. The van der Waals surface area contributed by atoms with Crippen LogP contribution in [0.25, 0.3) is 0 Å². The van der Waals surface area contributed by atoms with Crippen LogP contribution in [0, 0.1) is 10.1 Å². The van der Waals surface area contributed by atoms with Crippen molar-refractivity contribution in [2.75, 3.05) is 0 Å². The molecule has 1 aromatic carbocycles. The maximum Gasteiger partial charge on any atom is 0.346 e. The van der Waals surface area contributed by atoms with Crippen molar-refractivity contribution in [3.8, 4) is 11.6 Å². The maximum absolute atomic E-state index is 11.2. The van der Waals surface area contributed by atoms with Crippen LogP contribution in [0.15, 0.2) is 30.6 Å². The number of ether oxygens (including phenoxy) is 1. The number of carboxylic acid groups (broad SMARTS) is 1. The summed E-state index contributed by atoms with van der Waals surface area (Å²) in [7, 11) is 0. The van der Waals surface area contributed by atoms with E-state index in [-0.39, 0.29) is 16.8 Å². The van der Waals surface area contributed by atoms with Gasteiger partial charge in [-0.3, -0.25) is 15.1 Å². The minimum atomic E-state index is -1.48. The number of nitro benzene ring substituents is 1. The molecule has 1 heterocycles. The number of aromatic nitrogens is 2. The molecule has 0 unspecified atom stereocenters. The van der Waals surface area contributed by atoms with E-state index in [0.29, 0.717) is 0 Å². The molecular formula is C11H6ClN3O5. The Labute approximate surface area is 116 Å². The highest BCUT2D eigenvalue weighted by Crippen LogP contribution is 2.31. The summed E-state index contributed by atoms with van der Waals surface area (Å²) in [6, 6.07) is 3.65. The van der Waals surface area contributed by atoms with Crippen LogP contribution in [0.5, 0.6) is 11.6 Å². The van der Waals surface area contributed by atoms with Gasteiger partial charge in [-0.15, -0.1) is 0 Å². The molecule has 0 aliphatic carbocycles. The summed E-state index contributed by atoms with van der Waals surface area (Å²) in [5, 5.41) is 20.0. The molecule has 0 bridgehead atoms. The maximum atomic E-state index is 11.2. The molecule has 8 nitrogen and oxygen atoms in total. The van der Waals surface area contributed by atoms with Gasteiger partial charge in [0.05, 0.1) is 17.3 Å². The Hall–Kier alpha value is -2.74. The first kappa shape index (κ1) is 13.7. The van der Waals surface area contributed by atoms with E-state index < -0.39 is 22.1 Å². The van der Waals surface area contributed by atoms with Crippen LogP contribution < -0.4 is 4.74 Å². The summed E-state index contributed by atoms with van der Waals surface area (Å²) < 4.78 is 5.20. The summed E-state index contributed by atoms with van der Waals surface area (Å²) in [4.78, 5) is 28.6. The second kappa shape index (κ2) is 5.49. The largest absolute Gasteiger partial charge is 0.477 e. The summed E-state index contributed by atoms with van der Waals surface area (Å²) in [5.41, 5.74) is -1.15. The number of benzene rings is 1. The summed E-state index contributed by atoms with van der Waals surface area (Å²) in [6.45, 7) is 0. The molecule has 1 N–H and O–H groups in total. The highest BCUT2D eigenvalue weighted by Gasteiger charge is 2.25. The Balaban J connectivity index is 2.49. The fourth-order valence-electron chi connectivity index (χ4n) is 1.46. The van der Waals surface area contributed by atoms with E-state index >= 15 is 0 Å². The molecule has 0 spiro atoms. The molecule has 0 saturated heterocycles. The van der Waals surface area contributed by atoms with Gasteiger partial charge in [-0.1, -0.05) is 17.7 Å². The number of hydrogen-bond acceptors (Lipinski definition) is 6. The zero-order valence-corrected chi connectivity index (χ0v) is 10.4. The number of nitrogens with zero attached hydrogens (tertiary/aromatic N) is 3. The zero-order chi connectivity index (χ0) is 14.7. The van der Waals surface area contributed by atoms with Crippen molar-refractivity contribution in [1.82, 2.24) is 9.97 Å². The molecule has 0 saturated carbocycles. The van der Waals surface area contributed by atoms with Gasteiger partial charge in [-0.05, 0) is 6.07 Å². The molecule has 0 radical (unpaired) electrons. The van der Waals surface area contributed by atoms with Crippen LogP contribution in [0.4, 0.5) is 5.69 Å². The van der Waals surface area contributed by atoms with E-state index in [4.69, 9.17) is 21.4 Å². The predicted octanol–water partition coefficient (Wildman–Crippen LogP) is 2.53. The number of nitro groups is 1. The van der Waals surface area contributed by atoms with Crippen LogP contribution in [0.2, 0.25) is 5.15 Å². The molecule has 2 rings (SSSR count). The number of hydrogen-bond donors (Lipinski definition) is 1. The van der Waals surface area contributed by atoms with Gasteiger partial charge in [-0.25, -0.2) is 4.79 Å². The van der Waals surface area contributed by atoms with Gasteiger partial charge < -0.3 is 9.84 Å². The van der Waals surface area contributed by atoms with Crippen LogP contribution in [-0.2, 0) is 0 Å². The van der Waals surface area contributed by atoms with E-state index in [1.807, 2.05) is 0 Å². The summed E-state index contributed by atoms with van der Waals surface area (Å²) in [5.74, 6) is -1.77. The number of aromatic carboxylic acids is 1. The highest BCUT2D eigenvalue weighted by atomic mass is 35.5. The van der Waals surface area contributed by atoms with E-state index in [0.717, 1.165) is 6.07 Å². The summed E-state index contributed by atoms with van der Waals surface area (Å²) >= 11 is 5.62. The van der Waals surface area contributed by atoms with Gasteiger partial charge in [0.25, 0.3) is 5.69 Å². The van der Waals surface area contributed by atoms with Crippen molar-refractivity contribution < 1.29 is 19.6 Å². The van der Waals surface area contributed by atoms with Gasteiger partial charge >= 0.3 is 5.97 Å². The lowest BCUT2D eigenvalue weighted by atomic mass is 10.1. The topological polar surface area (TPSA) is 115 Å². The molecule has 1 aromatic heterocycles. The molecule has 0 aliphatic heterocycles. The van der Waals surface area contributed by atoms with Crippen LogP contribution in [0.3, 0.4) is 0 Å². The number of rotatable bonds is 4. The lowest BCUT2D eigenvalue weighted by Crippen LogP contribution is -2.05. The Kier molecular flexibility index (Phi) is 3.76. The molecule has 9 heteroatoms. The third-order valence-corrected chi connectivity index (χ3v) is 2.39. The fourth-order valence-corrected chi connectivity index (χ4v) is 1.60. The van der Waals surface area contributed by atoms with Crippen molar-refractivity contribution in [2.24, 2.45) is 0 Å². The monoisotopic (exact) mass is 295 g/mol. The Morgan fingerprint density at radius 3 is 2.75 bits per heavy atom. The standard InChI is InChI=1S/C11H6ClN3O5/c12-8-4-13-5-9(14-8)20-7-3-1-2-6(15(18)19)10(7)11(16)17/h1-5H,(H,16,17). The lowest BCUT2D eigenvalue weighted by molar-refractivity contribution is -0.385. The smallest absolute Gasteiger partial charge is 0.346 e. The Morgan fingerprint density at radius 2 is 2.15 bits per heavy atom. The van der Waals surface area contributed by atoms with E-state index in [1.54, 1.807) is 0 Å². The van der Waals surface area contributed by atoms with Crippen LogP contribution in [0.1, 0.15) is 10.4 Å².